The molecule has 1 atom stereocenters. The highest BCUT2D eigenvalue weighted by Gasteiger charge is 2.19. The minimum Gasteiger partial charge on any atom is -0.309 e. The second-order valence-electron chi connectivity index (χ2n) is 4.67. The van der Waals surface area contributed by atoms with Crippen LogP contribution in [-0.2, 0) is 12.2 Å². The molecule has 0 saturated heterocycles. The van der Waals surface area contributed by atoms with Crippen molar-refractivity contribution in [2.75, 3.05) is 12.8 Å². The van der Waals surface area contributed by atoms with Gasteiger partial charge in [0.25, 0.3) is 0 Å². The van der Waals surface area contributed by atoms with E-state index >= 15 is 0 Å². The van der Waals surface area contributed by atoms with Crippen LogP contribution in [0.4, 0.5) is 0 Å². The molecular weight excluding hydrogens is 338 g/mol. The Morgan fingerprint density at radius 2 is 2.05 bits per heavy atom. The van der Waals surface area contributed by atoms with Crippen LogP contribution in [0.5, 0.6) is 0 Å². The fourth-order valence-electron chi connectivity index (χ4n) is 2.44. The van der Waals surface area contributed by atoms with Gasteiger partial charge in [-0.2, -0.15) is 11.8 Å². The number of thioether (sulfide) groups is 1. The zero-order valence-electron chi connectivity index (χ0n) is 10.8. The standard InChI is InChI=1S/C15H16BrNS2/c1-17-15(10-2-4-12(16)5-3-10)14-8-11-9-18-7-6-13(11)19-14/h2-5,8,15,17H,6-7,9H2,1H3. The molecule has 0 bridgehead atoms. The highest BCUT2D eigenvalue weighted by Crippen LogP contribution is 2.36. The minimum absolute atomic E-state index is 0.314. The van der Waals surface area contributed by atoms with Gasteiger partial charge in [-0.15, -0.1) is 11.3 Å². The predicted octanol–water partition coefficient (Wildman–Crippen LogP) is 4.61. The average Bonchev–Trinajstić information content (AvgIpc) is 2.85. The van der Waals surface area contributed by atoms with Gasteiger partial charge in [0.1, 0.15) is 0 Å². The van der Waals surface area contributed by atoms with E-state index in [1.807, 2.05) is 30.1 Å². The van der Waals surface area contributed by atoms with E-state index in [9.17, 15) is 0 Å². The second kappa shape index (κ2) is 6.00. The average molecular weight is 354 g/mol. The van der Waals surface area contributed by atoms with E-state index in [4.69, 9.17) is 0 Å². The number of fused-ring (bicyclic) bond motifs is 1. The Balaban J connectivity index is 1.93. The summed E-state index contributed by atoms with van der Waals surface area (Å²) in [4.78, 5) is 3.03. The van der Waals surface area contributed by atoms with Gasteiger partial charge in [0, 0.05) is 20.0 Å². The summed E-state index contributed by atoms with van der Waals surface area (Å²) in [6.07, 6.45) is 1.24. The summed E-state index contributed by atoms with van der Waals surface area (Å²) >= 11 is 7.53. The molecule has 100 valence electrons. The Morgan fingerprint density at radius 1 is 1.26 bits per heavy atom. The molecule has 1 aromatic heterocycles. The van der Waals surface area contributed by atoms with Crippen molar-refractivity contribution >= 4 is 39.0 Å². The Bertz CT molecular complexity index is 539. The predicted molar refractivity (Wildman–Crippen MR) is 89.2 cm³/mol. The molecule has 0 saturated carbocycles. The maximum Gasteiger partial charge on any atom is 0.0668 e. The van der Waals surface area contributed by atoms with Crippen molar-refractivity contribution in [2.24, 2.45) is 0 Å². The number of aryl methyl sites for hydroxylation is 1. The quantitative estimate of drug-likeness (QED) is 0.864. The number of thiophene rings is 1. The first kappa shape index (κ1) is 13.7. The van der Waals surface area contributed by atoms with Crippen LogP contribution in [0.15, 0.2) is 34.8 Å². The summed E-state index contributed by atoms with van der Waals surface area (Å²) in [5, 5.41) is 3.45. The maximum absolute atomic E-state index is 3.50. The highest BCUT2D eigenvalue weighted by atomic mass is 79.9. The molecule has 2 aromatic rings. The van der Waals surface area contributed by atoms with E-state index in [1.54, 1.807) is 10.4 Å². The number of hydrogen-bond acceptors (Lipinski definition) is 3. The van der Waals surface area contributed by atoms with E-state index in [0.717, 1.165) is 4.47 Å². The van der Waals surface area contributed by atoms with Crippen molar-refractivity contribution in [3.05, 3.63) is 55.7 Å². The fraction of sp³-hybridized carbons (Fsp3) is 0.333. The topological polar surface area (TPSA) is 12.0 Å². The molecule has 0 amide bonds. The number of benzene rings is 1. The first-order valence-corrected chi connectivity index (χ1v) is 9.16. The number of nitrogens with one attached hydrogen (secondary N) is 1. The fourth-order valence-corrected chi connectivity index (χ4v) is 5.22. The third kappa shape index (κ3) is 2.92. The molecule has 0 spiro atoms. The highest BCUT2D eigenvalue weighted by molar-refractivity contribution is 9.10. The van der Waals surface area contributed by atoms with Crippen LogP contribution in [0, 0.1) is 0 Å². The molecule has 1 aliphatic rings. The van der Waals surface area contributed by atoms with E-state index in [-0.39, 0.29) is 0 Å². The van der Waals surface area contributed by atoms with Crippen molar-refractivity contribution in [1.82, 2.24) is 5.32 Å². The van der Waals surface area contributed by atoms with Gasteiger partial charge >= 0.3 is 0 Å². The van der Waals surface area contributed by atoms with E-state index in [1.165, 1.54) is 28.4 Å². The molecule has 1 aliphatic heterocycles. The van der Waals surface area contributed by atoms with Crippen LogP contribution in [-0.4, -0.2) is 12.8 Å². The minimum atomic E-state index is 0.314. The summed E-state index contributed by atoms with van der Waals surface area (Å²) in [7, 11) is 2.04. The molecule has 0 radical (unpaired) electrons. The molecule has 1 N–H and O–H groups in total. The van der Waals surface area contributed by atoms with Gasteiger partial charge in [-0.05, 0) is 48.5 Å². The van der Waals surface area contributed by atoms with Crippen molar-refractivity contribution < 1.29 is 0 Å². The molecule has 19 heavy (non-hydrogen) atoms. The summed E-state index contributed by atoms with van der Waals surface area (Å²) in [6.45, 7) is 0. The number of hydrogen-bond donors (Lipinski definition) is 1. The third-order valence-electron chi connectivity index (χ3n) is 3.42. The van der Waals surface area contributed by atoms with Gasteiger partial charge < -0.3 is 5.32 Å². The van der Waals surface area contributed by atoms with Gasteiger partial charge in [-0.3, -0.25) is 0 Å². The van der Waals surface area contributed by atoms with Crippen molar-refractivity contribution in [3.63, 3.8) is 0 Å². The zero-order valence-corrected chi connectivity index (χ0v) is 14.0. The molecule has 2 heterocycles. The van der Waals surface area contributed by atoms with Crippen molar-refractivity contribution in [1.29, 1.82) is 0 Å². The zero-order chi connectivity index (χ0) is 13.2. The van der Waals surface area contributed by atoms with Crippen LogP contribution < -0.4 is 5.32 Å². The monoisotopic (exact) mass is 353 g/mol. The first-order valence-electron chi connectivity index (χ1n) is 6.40. The lowest BCUT2D eigenvalue weighted by molar-refractivity contribution is 0.703. The lowest BCUT2D eigenvalue weighted by atomic mass is 10.0. The van der Waals surface area contributed by atoms with E-state index < -0.39 is 0 Å². The van der Waals surface area contributed by atoms with Gasteiger partial charge in [-0.25, -0.2) is 0 Å². The second-order valence-corrected chi connectivity index (χ2v) is 7.86. The van der Waals surface area contributed by atoms with Crippen LogP contribution in [0.1, 0.15) is 26.9 Å². The molecule has 1 unspecified atom stereocenters. The third-order valence-corrected chi connectivity index (χ3v) is 6.26. The van der Waals surface area contributed by atoms with Crippen LogP contribution >= 0.6 is 39.0 Å². The van der Waals surface area contributed by atoms with Crippen molar-refractivity contribution in [2.45, 2.75) is 18.2 Å². The Kier molecular flexibility index (Phi) is 4.32. The molecule has 4 heteroatoms. The SMILES string of the molecule is CNC(c1ccc(Br)cc1)c1cc2c(s1)CCSC2. The van der Waals surface area contributed by atoms with Gasteiger partial charge in [0.15, 0.2) is 0 Å². The largest absolute Gasteiger partial charge is 0.309 e. The summed E-state index contributed by atoms with van der Waals surface area (Å²) in [5.74, 6) is 2.46. The van der Waals surface area contributed by atoms with Gasteiger partial charge in [0.05, 0.1) is 6.04 Å². The van der Waals surface area contributed by atoms with Crippen LogP contribution in [0.3, 0.4) is 0 Å². The number of halogens is 1. The molecule has 0 aliphatic carbocycles. The molecule has 1 nitrogen and oxygen atoms in total. The van der Waals surface area contributed by atoms with Crippen LogP contribution in [0.2, 0.25) is 0 Å². The summed E-state index contributed by atoms with van der Waals surface area (Å²) < 4.78 is 1.13. The lowest BCUT2D eigenvalue weighted by Crippen LogP contribution is -2.16. The Hall–Kier alpha value is -0.290. The normalized spacial score (nSPS) is 16.1. The lowest BCUT2D eigenvalue weighted by Gasteiger charge is -2.15. The molecular formula is C15H16BrNS2. The maximum atomic E-state index is 3.50. The Labute approximate surface area is 130 Å². The van der Waals surface area contributed by atoms with Crippen LogP contribution in [0.25, 0.3) is 0 Å². The van der Waals surface area contributed by atoms with Gasteiger partial charge in [0.2, 0.25) is 0 Å². The smallest absolute Gasteiger partial charge is 0.0668 e. The first-order chi connectivity index (χ1) is 9.28. The Morgan fingerprint density at radius 3 is 2.74 bits per heavy atom. The van der Waals surface area contributed by atoms with Crippen molar-refractivity contribution in [3.8, 4) is 0 Å². The molecule has 1 aromatic carbocycles. The van der Waals surface area contributed by atoms with E-state index in [2.05, 4.69) is 51.6 Å². The number of rotatable bonds is 3. The summed E-state index contributed by atoms with van der Waals surface area (Å²) in [6, 6.07) is 11.3. The van der Waals surface area contributed by atoms with Gasteiger partial charge in [-0.1, -0.05) is 28.1 Å². The van der Waals surface area contributed by atoms with E-state index in [0.29, 0.717) is 6.04 Å². The molecule has 0 fully saturated rings. The summed E-state index contributed by atoms with van der Waals surface area (Å²) in [5.41, 5.74) is 2.88. The molecule has 3 rings (SSSR count).